The van der Waals surface area contributed by atoms with Gasteiger partial charge in [-0.05, 0) is 24.7 Å². The zero-order valence-corrected chi connectivity index (χ0v) is 6.01. The van der Waals surface area contributed by atoms with Gasteiger partial charge in [-0.1, -0.05) is 25.2 Å². The SMILES string of the molecule is C=CC1CC=CC1CC. The van der Waals surface area contributed by atoms with Crippen molar-refractivity contribution in [2.75, 3.05) is 0 Å². The van der Waals surface area contributed by atoms with E-state index < -0.39 is 0 Å². The van der Waals surface area contributed by atoms with Crippen LogP contribution in [-0.2, 0) is 0 Å². The summed E-state index contributed by atoms with van der Waals surface area (Å²) >= 11 is 0. The Bertz CT molecular complexity index is 122. The fraction of sp³-hybridized carbons (Fsp3) is 0.556. The number of hydrogen-bond acceptors (Lipinski definition) is 0. The summed E-state index contributed by atoms with van der Waals surface area (Å²) < 4.78 is 0. The summed E-state index contributed by atoms with van der Waals surface area (Å²) in [5, 5.41) is 0. The average Bonchev–Trinajstić information content (AvgIpc) is 2.33. The van der Waals surface area contributed by atoms with Crippen LogP contribution in [0.15, 0.2) is 24.8 Å². The average molecular weight is 122 g/mol. The third-order valence-electron chi connectivity index (χ3n) is 2.12. The maximum absolute atomic E-state index is 3.80. The van der Waals surface area contributed by atoms with E-state index in [4.69, 9.17) is 0 Å². The summed E-state index contributed by atoms with van der Waals surface area (Å²) in [5.41, 5.74) is 0. The molecule has 0 fully saturated rings. The monoisotopic (exact) mass is 122 g/mol. The summed E-state index contributed by atoms with van der Waals surface area (Å²) in [7, 11) is 0. The molecule has 0 aromatic heterocycles. The second kappa shape index (κ2) is 2.86. The molecule has 0 aromatic rings. The Morgan fingerprint density at radius 3 is 3.00 bits per heavy atom. The summed E-state index contributed by atoms with van der Waals surface area (Å²) in [6, 6.07) is 0. The van der Waals surface area contributed by atoms with E-state index >= 15 is 0 Å². The van der Waals surface area contributed by atoms with Crippen LogP contribution in [0.1, 0.15) is 19.8 Å². The topological polar surface area (TPSA) is 0 Å². The van der Waals surface area contributed by atoms with Crippen LogP contribution in [0, 0.1) is 11.8 Å². The van der Waals surface area contributed by atoms with E-state index in [1.165, 1.54) is 12.8 Å². The van der Waals surface area contributed by atoms with Gasteiger partial charge in [0.2, 0.25) is 0 Å². The molecule has 0 aromatic carbocycles. The summed E-state index contributed by atoms with van der Waals surface area (Å²) in [6.45, 7) is 6.03. The molecular formula is C9H14. The van der Waals surface area contributed by atoms with Crippen molar-refractivity contribution in [1.82, 2.24) is 0 Å². The highest BCUT2D eigenvalue weighted by atomic mass is 14.2. The van der Waals surface area contributed by atoms with Gasteiger partial charge in [-0.2, -0.15) is 0 Å². The van der Waals surface area contributed by atoms with Crippen molar-refractivity contribution < 1.29 is 0 Å². The first kappa shape index (κ1) is 6.60. The number of rotatable bonds is 2. The van der Waals surface area contributed by atoms with Crippen LogP contribution in [0.4, 0.5) is 0 Å². The normalized spacial score (nSPS) is 33.0. The number of hydrogen-bond donors (Lipinski definition) is 0. The molecule has 0 saturated heterocycles. The van der Waals surface area contributed by atoms with Gasteiger partial charge in [0.1, 0.15) is 0 Å². The van der Waals surface area contributed by atoms with Crippen molar-refractivity contribution in [2.24, 2.45) is 11.8 Å². The van der Waals surface area contributed by atoms with Crippen LogP contribution in [-0.4, -0.2) is 0 Å². The van der Waals surface area contributed by atoms with Crippen LogP contribution in [0.5, 0.6) is 0 Å². The van der Waals surface area contributed by atoms with E-state index in [0.717, 1.165) is 11.8 Å². The quantitative estimate of drug-likeness (QED) is 0.494. The predicted octanol–water partition coefficient (Wildman–Crippen LogP) is 2.77. The molecule has 2 unspecified atom stereocenters. The van der Waals surface area contributed by atoms with E-state index in [1.54, 1.807) is 0 Å². The molecule has 0 radical (unpaired) electrons. The maximum atomic E-state index is 3.80. The van der Waals surface area contributed by atoms with Gasteiger partial charge in [-0.15, -0.1) is 6.58 Å². The van der Waals surface area contributed by atoms with Gasteiger partial charge >= 0.3 is 0 Å². The molecular weight excluding hydrogens is 108 g/mol. The first-order valence-corrected chi connectivity index (χ1v) is 3.67. The molecule has 0 heteroatoms. The van der Waals surface area contributed by atoms with Crippen LogP contribution in [0.2, 0.25) is 0 Å². The first-order chi connectivity index (χ1) is 4.38. The van der Waals surface area contributed by atoms with Gasteiger partial charge in [-0.3, -0.25) is 0 Å². The minimum absolute atomic E-state index is 0.731. The Morgan fingerprint density at radius 2 is 2.56 bits per heavy atom. The summed E-state index contributed by atoms with van der Waals surface area (Å²) in [5.74, 6) is 1.51. The molecule has 0 saturated carbocycles. The van der Waals surface area contributed by atoms with E-state index in [0.29, 0.717) is 0 Å². The van der Waals surface area contributed by atoms with Crippen LogP contribution >= 0.6 is 0 Å². The molecule has 0 amide bonds. The van der Waals surface area contributed by atoms with Gasteiger partial charge in [0.05, 0.1) is 0 Å². The minimum atomic E-state index is 0.731. The molecule has 0 bridgehead atoms. The Labute approximate surface area is 57.3 Å². The Kier molecular flexibility index (Phi) is 2.10. The Morgan fingerprint density at radius 1 is 1.78 bits per heavy atom. The lowest BCUT2D eigenvalue weighted by molar-refractivity contribution is 0.497. The van der Waals surface area contributed by atoms with Crippen molar-refractivity contribution in [3.05, 3.63) is 24.8 Å². The molecule has 0 aliphatic heterocycles. The third-order valence-corrected chi connectivity index (χ3v) is 2.12. The molecule has 9 heavy (non-hydrogen) atoms. The Hall–Kier alpha value is -0.520. The van der Waals surface area contributed by atoms with Gasteiger partial charge in [0, 0.05) is 0 Å². The largest absolute Gasteiger partial charge is 0.103 e. The van der Waals surface area contributed by atoms with Crippen LogP contribution < -0.4 is 0 Å². The molecule has 1 rings (SSSR count). The molecule has 0 spiro atoms. The van der Waals surface area contributed by atoms with Crippen molar-refractivity contribution >= 4 is 0 Å². The smallest absolute Gasteiger partial charge is 0.0139 e. The molecule has 0 N–H and O–H groups in total. The second-order valence-electron chi connectivity index (χ2n) is 2.64. The summed E-state index contributed by atoms with van der Waals surface area (Å²) in [4.78, 5) is 0. The summed E-state index contributed by atoms with van der Waals surface area (Å²) in [6.07, 6.45) is 9.12. The zero-order valence-electron chi connectivity index (χ0n) is 6.01. The lowest BCUT2D eigenvalue weighted by atomic mass is 9.94. The lowest BCUT2D eigenvalue weighted by Gasteiger charge is -2.11. The van der Waals surface area contributed by atoms with Crippen molar-refractivity contribution in [3.8, 4) is 0 Å². The van der Waals surface area contributed by atoms with E-state index in [-0.39, 0.29) is 0 Å². The fourth-order valence-corrected chi connectivity index (χ4v) is 1.44. The van der Waals surface area contributed by atoms with Gasteiger partial charge in [-0.25, -0.2) is 0 Å². The highest BCUT2D eigenvalue weighted by Crippen LogP contribution is 2.27. The number of allylic oxidation sites excluding steroid dienone is 3. The standard InChI is InChI=1S/C9H14/c1-3-8-6-5-7-9(8)4-2/h3,5,7-9H,1,4,6H2,2H3. The highest BCUT2D eigenvalue weighted by Gasteiger charge is 2.16. The van der Waals surface area contributed by atoms with E-state index in [2.05, 4.69) is 31.7 Å². The predicted molar refractivity (Wildman–Crippen MR) is 41.2 cm³/mol. The fourth-order valence-electron chi connectivity index (χ4n) is 1.44. The van der Waals surface area contributed by atoms with Crippen LogP contribution in [0.25, 0.3) is 0 Å². The van der Waals surface area contributed by atoms with Gasteiger partial charge in [0.25, 0.3) is 0 Å². The maximum Gasteiger partial charge on any atom is -0.0139 e. The van der Waals surface area contributed by atoms with Crippen LogP contribution in [0.3, 0.4) is 0 Å². The molecule has 0 nitrogen and oxygen atoms in total. The molecule has 0 heterocycles. The molecule has 50 valence electrons. The van der Waals surface area contributed by atoms with Crippen molar-refractivity contribution in [1.29, 1.82) is 0 Å². The second-order valence-corrected chi connectivity index (χ2v) is 2.64. The molecule has 1 aliphatic rings. The third kappa shape index (κ3) is 1.24. The van der Waals surface area contributed by atoms with Gasteiger partial charge in [0.15, 0.2) is 0 Å². The lowest BCUT2D eigenvalue weighted by Crippen LogP contribution is -2.02. The Balaban J connectivity index is 2.48. The minimum Gasteiger partial charge on any atom is -0.103 e. The first-order valence-electron chi connectivity index (χ1n) is 3.67. The highest BCUT2D eigenvalue weighted by molar-refractivity contribution is 5.05. The van der Waals surface area contributed by atoms with Gasteiger partial charge < -0.3 is 0 Å². The zero-order chi connectivity index (χ0) is 6.69. The van der Waals surface area contributed by atoms with E-state index in [9.17, 15) is 0 Å². The van der Waals surface area contributed by atoms with Crippen molar-refractivity contribution in [2.45, 2.75) is 19.8 Å². The van der Waals surface area contributed by atoms with Crippen molar-refractivity contribution in [3.63, 3.8) is 0 Å². The van der Waals surface area contributed by atoms with E-state index in [1.807, 2.05) is 0 Å². The molecule has 1 aliphatic carbocycles. The molecule has 2 atom stereocenters.